The number of hydrogen-bond donors (Lipinski definition) is 0. The Balaban J connectivity index is 2.38. The van der Waals surface area contributed by atoms with E-state index in [1.807, 2.05) is 6.92 Å². The van der Waals surface area contributed by atoms with Gasteiger partial charge in [-0.3, -0.25) is 0 Å². The molecule has 0 aromatic rings. The van der Waals surface area contributed by atoms with Crippen LogP contribution in [-0.2, 0) is 4.74 Å². The molecular formula is C11H19NO. The van der Waals surface area contributed by atoms with Crippen LogP contribution in [0.1, 0.15) is 39.5 Å². The van der Waals surface area contributed by atoms with Crippen molar-refractivity contribution < 1.29 is 4.74 Å². The van der Waals surface area contributed by atoms with Gasteiger partial charge in [0.05, 0.1) is 6.07 Å². The second-order valence-electron chi connectivity index (χ2n) is 4.02. The summed E-state index contributed by atoms with van der Waals surface area (Å²) in [5.74, 6) is 1.33. The third-order valence-corrected chi connectivity index (χ3v) is 2.96. The van der Waals surface area contributed by atoms with Crippen LogP contribution in [0.2, 0.25) is 0 Å². The van der Waals surface area contributed by atoms with E-state index < -0.39 is 0 Å². The monoisotopic (exact) mass is 181 g/mol. The van der Waals surface area contributed by atoms with Gasteiger partial charge in [-0.25, -0.2) is 0 Å². The molecule has 0 aromatic carbocycles. The van der Waals surface area contributed by atoms with E-state index >= 15 is 0 Å². The van der Waals surface area contributed by atoms with Crippen molar-refractivity contribution in [1.82, 2.24) is 0 Å². The van der Waals surface area contributed by atoms with Crippen LogP contribution in [0.15, 0.2) is 0 Å². The molecule has 1 fully saturated rings. The Hall–Kier alpha value is -0.550. The normalized spacial score (nSPS) is 30.8. The first-order valence-corrected chi connectivity index (χ1v) is 5.29. The summed E-state index contributed by atoms with van der Waals surface area (Å²) in [6.45, 7) is 4.90. The molecule has 1 aliphatic carbocycles. The van der Waals surface area contributed by atoms with Gasteiger partial charge in [0.1, 0.15) is 6.10 Å². The molecule has 1 rings (SSSR count). The average molecular weight is 181 g/mol. The van der Waals surface area contributed by atoms with Crippen LogP contribution in [0.4, 0.5) is 0 Å². The number of rotatable bonds is 3. The van der Waals surface area contributed by atoms with Crippen LogP contribution in [0.5, 0.6) is 0 Å². The molecule has 1 atom stereocenters. The first-order chi connectivity index (χ1) is 6.27. The molecule has 2 heteroatoms. The summed E-state index contributed by atoms with van der Waals surface area (Å²) in [5, 5.41) is 8.90. The summed E-state index contributed by atoms with van der Waals surface area (Å²) in [5.41, 5.74) is 0. The number of nitriles is 1. The van der Waals surface area contributed by atoms with Gasteiger partial charge in [-0.15, -0.1) is 0 Å². The fourth-order valence-electron chi connectivity index (χ4n) is 2.05. The first kappa shape index (κ1) is 10.5. The van der Waals surface area contributed by atoms with E-state index in [4.69, 9.17) is 10.00 Å². The lowest BCUT2D eigenvalue weighted by Gasteiger charge is -2.28. The smallest absolute Gasteiger partial charge is 0.146 e. The third kappa shape index (κ3) is 3.00. The number of hydrogen-bond acceptors (Lipinski definition) is 2. The molecule has 0 spiro atoms. The molecule has 0 radical (unpaired) electrons. The Morgan fingerprint density at radius 2 is 2.00 bits per heavy atom. The van der Waals surface area contributed by atoms with E-state index in [1.54, 1.807) is 0 Å². The second kappa shape index (κ2) is 5.24. The standard InChI is InChI=1S/C11H19NO/c1-3-13-11(8-12)10-6-4-9(2)5-7-10/h9-11H,3-7H2,1-2H3. The summed E-state index contributed by atoms with van der Waals surface area (Å²) >= 11 is 0. The summed E-state index contributed by atoms with van der Waals surface area (Å²) in [6, 6.07) is 2.27. The van der Waals surface area contributed by atoms with Gasteiger partial charge >= 0.3 is 0 Å². The highest BCUT2D eigenvalue weighted by Crippen LogP contribution is 2.31. The SMILES string of the molecule is CCOC(C#N)C1CCC(C)CC1. The van der Waals surface area contributed by atoms with Crippen molar-refractivity contribution >= 4 is 0 Å². The zero-order chi connectivity index (χ0) is 9.68. The summed E-state index contributed by atoms with van der Waals surface area (Å²) in [6.07, 6.45) is 4.70. The highest BCUT2D eigenvalue weighted by molar-refractivity contribution is 4.91. The molecule has 1 saturated carbocycles. The molecule has 2 nitrogen and oxygen atoms in total. The van der Waals surface area contributed by atoms with Crippen LogP contribution < -0.4 is 0 Å². The minimum atomic E-state index is -0.155. The molecular weight excluding hydrogens is 162 g/mol. The topological polar surface area (TPSA) is 33.0 Å². The molecule has 0 N–H and O–H groups in total. The predicted octanol–water partition coefficient (Wildman–Crippen LogP) is 2.74. The molecule has 1 aliphatic rings. The van der Waals surface area contributed by atoms with E-state index in [0.717, 1.165) is 5.92 Å². The average Bonchev–Trinajstić information content (AvgIpc) is 2.16. The molecule has 74 valence electrons. The lowest BCUT2D eigenvalue weighted by Crippen LogP contribution is -2.26. The Morgan fingerprint density at radius 3 is 2.46 bits per heavy atom. The van der Waals surface area contributed by atoms with E-state index in [2.05, 4.69) is 13.0 Å². The van der Waals surface area contributed by atoms with Crippen LogP contribution in [0, 0.1) is 23.2 Å². The van der Waals surface area contributed by atoms with E-state index in [9.17, 15) is 0 Å². The zero-order valence-corrected chi connectivity index (χ0v) is 8.62. The first-order valence-electron chi connectivity index (χ1n) is 5.29. The fourth-order valence-corrected chi connectivity index (χ4v) is 2.05. The minimum Gasteiger partial charge on any atom is -0.363 e. The molecule has 0 aliphatic heterocycles. The van der Waals surface area contributed by atoms with Crippen molar-refractivity contribution in [3.63, 3.8) is 0 Å². The van der Waals surface area contributed by atoms with E-state index in [-0.39, 0.29) is 6.10 Å². The minimum absolute atomic E-state index is 0.155. The summed E-state index contributed by atoms with van der Waals surface area (Å²) in [4.78, 5) is 0. The highest BCUT2D eigenvalue weighted by atomic mass is 16.5. The van der Waals surface area contributed by atoms with Gasteiger partial charge in [-0.1, -0.05) is 19.8 Å². The lowest BCUT2D eigenvalue weighted by molar-refractivity contribution is 0.0397. The fraction of sp³-hybridized carbons (Fsp3) is 0.909. The van der Waals surface area contributed by atoms with Crippen LogP contribution in [0.25, 0.3) is 0 Å². The third-order valence-electron chi connectivity index (χ3n) is 2.96. The van der Waals surface area contributed by atoms with E-state index in [1.165, 1.54) is 25.7 Å². The predicted molar refractivity (Wildman–Crippen MR) is 52.1 cm³/mol. The Morgan fingerprint density at radius 1 is 1.38 bits per heavy atom. The maximum absolute atomic E-state index is 8.90. The maximum Gasteiger partial charge on any atom is 0.146 e. The van der Waals surface area contributed by atoms with Crippen molar-refractivity contribution in [3.8, 4) is 6.07 Å². The van der Waals surface area contributed by atoms with Gasteiger partial charge in [-0.2, -0.15) is 5.26 Å². The Bertz CT molecular complexity index is 177. The molecule has 0 amide bonds. The van der Waals surface area contributed by atoms with Crippen molar-refractivity contribution in [2.24, 2.45) is 11.8 Å². The molecule has 0 aromatic heterocycles. The quantitative estimate of drug-likeness (QED) is 0.670. The molecule has 13 heavy (non-hydrogen) atoms. The van der Waals surface area contributed by atoms with Crippen molar-refractivity contribution in [2.45, 2.75) is 45.6 Å². The summed E-state index contributed by atoms with van der Waals surface area (Å²) in [7, 11) is 0. The molecule has 1 unspecified atom stereocenters. The summed E-state index contributed by atoms with van der Waals surface area (Å²) < 4.78 is 5.40. The van der Waals surface area contributed by atoms with Crippen LogP contribution >= 0.6 is 0 Å². The van der Waals surface area contributed by atoms with Crippen LogP contribution in [-0.4, -0.2) is 12.7 Å². The van der Waals surface area contributed by atoms with Crippen molar-refractivity contribution in [3.05, 3.63) is 0 Å². The maximum atomic E-state index is 8.90. The zero-order valence-electron chi connectivity index (χ0n) is 8.62. The van der Waals surface area contributed by atoms with Crippen molar-refractivity contribution in [1.29, 1.82) is 5.26 Å². The van der Waals surface area contributed by atoms with Gasteiger partial charge in [0.2, 0.25) is 0 Å². The lowest BCUT2D eigenvalue weighted by atomic mass is 9.80. The molecule has 0 heterocycles. The largest absolute Gasteiger partial charge is 0.363 e. The van der Waals surface area contributed by atoms with Gasteiger partial charge in [0, 0.05) is 6.61 Å². The Kier molecular flexibility index (Phi) is 4.24. The van der Waals surface area contributed by atoms with Gasteiger partial charge in [-0.05, 0) is 31.6 Å². The van der Waals surface area contributed by atoms with E-state index in [0.29, 0.717) is 12.5 Å². The molecule has 0 bridgehead atoms. The highest BCUT2D eigenvalue weighted by Gasteiger charge is 2.25. The second-order valence-corrected chi connectivity index (χ2v) is 4.02. The van der Waals surface area contributed by atoms with Gasteiger partial charge in [0.25, 0.3) is 0 Å². The van der Waals surface area contributed by atoms with Gasteiger partial charge in [0.15, 0.2) is 0 Å². The van der Waals surface area contributed by atoms with Crippen molar-refractivity contribution in [2.75, 3.05) is 6.61 Å². The van der Waals surface area contributed by atoms with Gasteiger partial charge < -0.3 is 4.74 Å². The van der Waals surface area contributed by atoms with Crippen LogP contribution in [0.3, 0.4) is 0 Å². The number of ether oxygens (including phenoxy) is 1. The molecule has 0 saturated heterocycles. The Labute approximate surface area is 80.9 Å². The number of nitrogens with zero attached hydrogens (tertiary/aromatic N) is 1.